The van der Waals surface area contributed by atoms with E-state index in [2.05, 4.69) is 15.2 Å². The summed E-state index contributed by atoms with van der Waals surface area (Å²) in [6.45, 7) is 1.68. The van der Waals surface area contributed by atoms with Gasteiger partial charge in [0.15, 0.2) is 0 Å². The zero-order valence-electron chi connectivity index (χ0n) is 11.6. The van der Waals surface area contributed by atoms with Crippen LogP contribution in [-0.2, 0) is 4.79 Å². The van der Waals surface area contributed by atoms with Gasteiger partial charge in [-0.2, -0.15) is 10.1 Å². The molecule has 0 fully saturated rings. The predicted octanol–water partition coefficient (Wildman–Crippen LogP) is 2.14. The third kappa shape index (κ3) is 2.54. The highest BCUT2D eigenvalue weighted by molar-refractivity contribution is 6.01. The van der Waals surface area contributed by atoms with Gasteiger partial charge in [0.2, 0.25) is 11.7 Å². The Balaban J connectivity index is 1.91. The average molecular weight is 288 g/mol. The standard InChI is InChI=1S/C14H13FN4O2/c1-8-3-4-9(7-10(8)15)13-16-14(21-18-13)11-5-6-12(20)19(2)17-11/h3-4,7H,5-6H2,1-2H3. The van der Waals surface area contributed by atoms with E-state index in [9.17, 15) is 9.18 Å². The molecule has 0 unspecified atom stereocenters. The van der Waals surface area contributed by atoms with Crippen LogP contribution >= 0.6 is 0 Å². The summed E-state index contributed by atoms with van der Waals surface area (Å²) in [4.78, 5) is 15.6. The zero-order valence-corrected chi connectivity index (χ0v) is 11.6. The van der Waals surface area contributed by atoms with Crippen molar-refractivity contribution in [1.29, 1.82) is 0 Å². The number of halogens is 1. The van der Waals surface area contributed by atoms with Crippen molar-refractivity contribution < 1.29 is 13.7 Å². The van der Waals surface area contributed by atoms with E-state index in [-0.39, 0.29) is 17.6 Å². The van der Waals surface area contributed by atoms with Gasteiger partial charge in [0.05, 0.1) is 0 Å². The van der Waals surface area contributed by atoms with Crippen LogP contribution in [0.15, 0.2) is 27.8 Å². The number of hydrogen-bond donors (Lipinski definition) is 0. The largest absolute Gasteiger partial charge is 0.332 e. The molecule has 6 nitrogen and oxygen atoms in total. The van der Waals surface area contributed by atoms with Crippen molar-refractivity contribution in [2.24, 2.45) is 5.10 Å². The first-order chi connectivity index (χ1) is 10.0. The van der Waals surface area contributed by atoms with E-state index in [0.717, 1.165) is 0 Å². The summed E-state index contributed by atoms with van der Waals surface area (Å²) in [7, 11) is 1.58. The van der Waals surface area contributed by atoms with Crippen LogP contribution < -0.4 is 0 Å². The van der Waals surface area contributed by atoms with Crippen molar-refractivity contribution in [3.63, 3.8) is 0 Å². The third-order valence-corrected chi connectivity index (χ3v) is 3.31. The van der Waals surface area contributed by atoms with Gasteiger partial charge in [0, 0.05) is 25.5 Å². The van der Waals surface area contributed by atoms with Gasteiger partial charge < -0.3 is 4.52 Å². The lowest BCUT2D eigenvalue weighted by molar-refractivity contribution is -0.130. The number of aromatic nitrogens is 2. The van der Waals surface area contributed by atoms with Crippen LogP contribution in [0.5, 0.6) is 0 Å². The van der Waals surface area contributed by atoms with E-state index >= 15 is 0 Å². The SMILES string of the molecule is Cc1ccc(-c2noc(C3=NN(C)C(=O)CC3)n2)cc1F. The molecule has 0 atom stereocenters. The number of amides is 1. The fourth-order valence-corrected chi connectivity index (χ4v) is 2.01. The zero-order chi connectivity index (χ0) is 15.0. The highest BCUT2D eigenvalue weighted by atomic mass is 19.1. The predicted molar refractivity (Wildman–Crippen MR) is 73.0 cm³/mol. The van der Waals surface area contributed by atoms with Gasteiger partial charge in [0.1, 0.15) is 11.5 Å². The maximum Gasteiger partial charge on any atom is 0.274 e. The summed E-state index contributed by atoms with van der Waals surface area (Å²) in [5, 5.41) is 9.20. The molecule has 0 N–H and O–H groups in total. The number of hydrazone groups is 1. The van der Waals surface area contributed by atoms with Crippen molar-refractivity contribution >= 4 is 11.6 Å². The summed E-state index contributed by atoms with van der Waals surface area (Å²) in [5.41, 5.74) is 1.65. The highest BCUT2D eigenvalue weighted by Crippen LogP contribution is 2.20. The Hall–Kier alpha value is -2.57. The molecule has 0 bridgehead atoms. The number of benzene rings is 1. The molecule has 3 rings (SSSR count). The van der Waals surface area contributed by atoms with Gasteiger partial charge >= 0.3 is 0 Å². The molecule has 7 heteroatoms. The Morgan fingerprint density at radius 3 is 2.86 bits per heavy atom. The number of carbonyl (C=O) groups is 1. The van der Waals surface area contributed by atoms with Crippen LogP contribution in [0.3, 0.4) is 0 Å². The quantitative estimate of drug-likeness (QED) is 0.848. The second kappa shape index (κ2) is 5.08. The van der Waals surface area contributed by atoms with Gasteiger partial charge in [-0.25, -0.2) is 9.40 Å². The monoisotopic (exact) mass is 288 g/mol. The summed E-state index contributed by atoms with van der Waals surface area (Å²) < 4.78 is 18.7. The number of aryl methyl sites for hydroxylation is 1. The van der Waals surface area contributed by atoms with Crippen LogP contribution in [0.2, 0.25) is 0 Å². The van der Waals surface area contributed by atoms with Crippen LogP contribution in [-0.4, -0.2) is 33.8 Å². The maximum atomic E-state index is 13.6. The van der Waals surface area contributed by atoms with Gasteiger partial charge in [-0.1, -0.05) is 17.3 Å². The van der Waals surface area contributed by atoms with E-state index in [4.69, 9.17) is 4.52 Å². The van der Waals surface area contributed by atoms with Crippen LogP contribution in [0.1, 0.15) is 24.3 Å². The molecular formula is C14H13FN4O2. The Morgan fingerprint density at radius 1 is 1.33 bits per heavy atom. The van der Waals surface area contributed by atoms with E-state index in [0.29, 0.717) is 35.5 Å². The molecule has 1 aromatic heterocycles. The van der Waals surface area contributed by atoms with E-state index in [1.807, 2.05) is 0 Å². The second-order valence-corrected chi connectivity index (χ2v) is 4.85. The fourth-order valence-electron chi connectivity index (χ4n) is 2.01. The van der Waals surface area contributed by atoms with Crippen LogP contribution in [0, 0.1) is 12.7 Å². The molecule has 0 aliphatic carbocycles. The summed E-state index contributed by atoms with van der Waals surface area (Å²) in [6, 6.07) is 4.75. The first-order valence-electron chi connectivity index (χ1n) is 6.49. The molecule has 0 saturated carbocycles. The normalized spacial score (nSPS) is 15.3. The van der Waals surface area contributed by atoms with Crippen molar-refractivity contribution in [1.82, 2.24) is 15.1 Å². The minimum atomic E-state index is -0.320. The average Bonchev–Trinajstić information content (AvgIpc) is 2.94. The molecule has 0 spiro atoms. The molecule has 0 saturated heterocycles. The van der Waals surface area contributed by atoms with E-state index < -0.39 is 0 Å². The Labute approximate surface area is 120 Å². The lowest BCUT2D eigenvalue weighted by Gasteiger charge is -2.17. The molecule has 21 heavy (non-hydrogen) atoms. The number of hydrogen-bond acceptors (Lipinski definition) is 5. The Morgan fingerprint density at radius 2 is 2.14 bits per heavy atom. The molecular weight excluding hydrogens is 275 g/mol. The molecule has 2 aromatic rings. The van der Waals surface area contributed by atoms with Gasteiger partial charge in [-0.05, 0) is 18.6 Å². The van der Waals surface area contributed by atoms with Gasteiger partial charge in [-0.3, -0.25) is 4.79 Å². The van der Waals surface area contributed by atoms with Crippen molar-refractivity contribution in [2.45, 2.75) is 19.8 Å². The molecule has 108 valence electrons. The van der Waals surface area contributed by atoms with Gasteiger partial charge in [0.25, 0.3) is 5.89 Å². The van der Waals surface area contributed by atoms with Crippen LogP contribution in [0.25, 0.3) is 11.4 Å². The Bertz CT molecular complexity index is 738. The molecule has 1 aliphatic heterocycles. The lowest BCUT2D eigenvalue weighted by atomic mass is 10.1. The fraction of sp³-hybridized carbons (Fsp3) is 0.286. The van der Waals surface area contributed by atoms with Crippen LogP contribution in [0.4, 0.5) is 4.39 Å². The lowest BCUT2D eigenvalue weighted by Crippen LogP contribution is -2.28. The highest BCUT2D eigenvalue weighted by Gasteiger charge is 2.22. The maximum absolute atomic E-state index is 13.6. The third-order valence-electron chi connectivity index (χ3n) is 3.31. The first kappa shape index (κ1) is 13.4. The van der Waals surface area contributed by atoms with E-state index in [1.54, 1.807) is 26.1 Å². The minimum absolute atomic E-state index is 0.0564. The molecule has 2 heterocycles. The summed E-state index contributed by atoms with van der Waals surface area (Å²) in [5.74, 6) is 0.176. The number of carbonyl (C=O) groups excluding carboxylic acids is 1. The van der Waals surface area contributed by atoms with Crippen molar-refractivity contribution in [3.05, 3.63) is 35.5 Å². The summed E-state index contributed by atoms with van der Waals surface area (Å²) in [6.07, 6.45) is 0.805. The number of rotatable bonds is 2. The summed E-state index contributed by atoms with van der Waals surface area (Å²) >= 11 is 0. The van der Waals surface area contributed by atoms with Crippen molar-refractivity contribution in [3.8, 4) is 11.4 Å². The molecule has 1 aromatic carbocycles. The van der Waals surface area contributed by atoms with Crippen molar-refractivity contribution in [2.75, 3.05) is 7.05 Å². The number of nitrogens with zero attached hydrogens (tertiary/aromatic N) is 4. The first-order valence-corrected chi connectivity index (χ1v) is 6.49. The van der Waals surface area contributed by atoms with E-state index in [1.165, 1.54) is 11.1 Å². The molecule has 1 amide bonds. The Kier molecular flexibility index (Phi) is 3.25. The smallest absolute Gasteiger partial charge is 0.274 e. The topological polar surface area (TPSA) is 71.6 Å². The second-order valence-electron chi connectivity index (χ2n) is 4.85. The molecule has 1 aliphatic rings. The van der Waals surface area contributed by atoms with Gasteiger partial charge in [-0.15, -0.1) is 0 Å². The minimum Gasteiger partial charge on any atom is -0.332 e. The molecule has 0 radical (unpaired) electrons.